The van der Waals surface area contributed by atoms with Gasteiger partial charge in [0.1, 0.15) is 17.2 Å². The van der Waals surface area contributed by atoms with E-state index >= 15 is 0 Å². The molecule has 2 aromatic heterocycles. The Morgan fingerprint density at radius 3 is 2.14 bits per heavy atom. The van der Waals surface area contributed by atoms with E-state index in [4.69, 9.17) is 0 Å². The number of nitrogens with zero attached hydrogens (tertiary/aromatic N) is 2. The fourth-order valence-electron chi connectivity index (χ4n) is 3.88. The highest BCUT2D eigenvalue weighted by Crippen LogP contribution is 2.30. The Balaban J connectivity index is 2.02. The summed E-state index contributed by atoms with van der Waals surface area (Å²) >= 11 is 0. The van der Waals surface area contributed by atoms with E-state index in [2.05, 4.69) is 0 Å². The van der Waals surface area contributed by atoms with Crippen LogP contribution in [-0.4, -0.2) is 14.8 Å². The SMILES string of the molecule is Cn1c(=O)c2ccccc2n2c(C(=O)c3ccc(F)cc3)c3ccccc3c12. The van der Waals surface area contributed by atoms with Gasteiger partial charge in [0.2, 0.25) is 5.78 Å². The molecular formula is C23H15FN2O2. The highest BCUT2D eigenvalue weighted by atomic mass is 19.1. The van der Waals surface area contributed by atoms with Gasteiger partial charge in [-0.15, -0.1) is 0 Å². The lowest BCUT2D eigenvalue weighted by molar-refractivity contribution is 0.103. The number of hydrogen-bond acceptors (Lipinski definition) is 2. The zero-order valence-electron chi connectivity index (χ0n) is 15.0. The second-order valence-electron chi connectivity index (χ2n) is 6.77. The molecule has 0 aliphatic carbocycles. The monoisotopic (exact) mass is 370 g/mol. The van der Waals surface area contributed by atoms with Crippen molar-refractivity contribution in [1.82, 2.24) is 8.97 Å². The third-order valence-corrected chi connectivity index (χ3v) is 5.18. The van der Waals surface area contributed by atoms with Crippen LogP contribution >= 0.6 is 0 Å². The molecule has 0 unspecified atom stereocenters. The second-order valence-corrected chi connectivity index (χ2v) is 6.77. The van der Waals surface area contributed by atoms with E-state index in [1.165, 1.54) is 24.3 Å². The molecule has 136 valence electrons. The van der Waals surface area contributed by atoms with Crippen molar-refractivity contribution >= 4 is 33.1 Å². The number of ketones is 1. The number of hydrogen-bond donors (Lipinski definition) is 0. The van der Waals surface area contributed by atoms with E-state index in [0.717, 1.165) is 10.8 Å². The van der Waals surface area contributed by atoms with Gasteiger partial charge in [0.15, 0.2) is 0 Å². The van der Waals surface area contributed by atoms with Gasteiger partial charge in [-0.1, -0.05) is 36.4 Å². The summed E-state index contributed by atoms with van der Waals surface area (Å²) in [7, 11) is 1.71. The molecule has 0 aliphatic heterocycles. The van der Waals surface area contributed by atoms with E-state index in [9.17, 15) is 14.0 Å². The van der Waals surface area contributed by atoms with Crippen LogP contribution in [0, 0.1) is 5.82 Å². The molecule has 4 nitrogen and oxygen atoms in total. The molecule has 28 heavy (non-hydrogen) atoms. The summed E-state index contributed by atoms with van der Waals surface area (Å²) in [5.41, 5.74) is 2.06. The summed E-state index contributed by atoms with van der Waals surface area (Å²) in [5.74, 6) is -0.616. The maximum absolute atomic E-state index is 13.5. The second kappa shape index (κ2) is 5.89. The van der Waals surface area contributed by atoms with Crippen molar-refractivity contribution in [3.63, 3.8) is 0 Å². The van der Waals surface area contributed by atoms with Crippen molar-refractivity contribution in [2.45, 2.75) is 0 Å². The Labute approximate surface area is 159 Å². The molecule has 0 amide bonds. The van der Waals surface area contributed by atoms with Gasteiger partial charge in [-0.25, -0.2) is 4.39 Å². The van der Waals surface area contributed by atoms with Crippen LogP contribution < -0.4 is 5.56 Å². The molecule has 2 heterocycles. The van der Waals surface area contributed by atoms with Crippen LogP contribution in [-0.2, 0) is 7.05 Å². The smallest absolute Gasteiger partial charge is 0.261 e. The van der Waals surface area contributed by atoms with Gasteiger partial charge in [0.05, 0.1) is 10.9 Å². The van der Waals surface area contributed by atoms with E-state index in [0.29, 0.717) is 27.8 Å². The molecular weight excluding hydrogens is 355 g/mol. The first-order valence-electron chi connectivity index (χ1n) is 8.89. The summed E-state index contributed by atoms with van der Waals surface area (Å²) < 4.78 is 16.8. The number of para-hydroxylation sites is 1. The minimum absolute atomic E-state index is 0.118. The average molecular weight is 370 g/mol. The van der Waals surface area contributed by atoms with Gasteiger partial charge in [-0.3, -0.25) is 18.6 Å². The minimum atomic E-state index is -0.394. The third kappa shape index (κ3) is 2.16. The highest BCUT2D eigenvalue weighted by Gasteiger charge is 2.23. The number of carbonyl (C=O) groups excluding carboxylic acids is 1. The maximum atomic E-state index is 13.5. The normalized spacial score (nSPS) is 11.5. The number of benzene rings is 3. The number of aromatic nitrogens is 2. The minimum Gasteiger partial charge on any atom is -0.296 e. The Morgan fingerprint density at radius 2 is 1.43 bits per heavy atom. The summed E-state index contributed by atoms with van der Waals surface area (Å²) in [4.78, 5) is 26.4. The molecule has 0 N–H and O–H groups in total. The van der Waals surface area contributed by atoms with E-state index in [-0.39, 0.29) is 11.3 Å². The number of aryl methyl sites for hydroxylation is 1. The van der Waals surface area contributed by atoms with Crippen LogP contribution in [0.25, 0.3) is 27.3 Å². The van der Waals surface area contributed by atoms with E-state index in [1.807, 2.05) is 40.8 Å². The van der Waals surface area contributed by atoms with Gasteiger partial charge < -0.3 is 0 Å². The van der Waals surface area contributed by atoms with Gasteiger partial charge >= 0.3 is 0 Å². The van der Waals surface area contributed by atoms with Crippen molar-refractivity contribution in [3.8, 4) is 0 Å². The lowest BCUT2D eigenvalue weighted by Gasteiger charge is -2.10. The zero-order chi connectivity index (χ0) is 19.4. The third-order valence-electron chi connectivity index (χ3n) is 5.18. The maximum Gasteiger partial charge on any atom is 0.261 e. The summed E-state index contributed by atoms with van der Waals surface area (Å²) in [6.07, 6.45) is 0. The quantitative estimate of drug-likeness (QED) is 0.435. The van der Waals surface area contributed by atoms with Crippen LogP contribution in [0.15, 0.2) is 77.6 Å². The first-order valence-corrected chi connectivity index (χ1v) is 8.89. The van der Waals surface area contributed by atoms with Crippen LogP contribution in [0.1, 0.15) is 16.1 Å². The fourth-order valence-corrected chi connectivity index (χ4v) is 3.88. The molecule has 0 bridgehead atoms. The predicted octanol–water partition coefficient (Wildman–Crippen LogP) is 4.31. The van der Waals surface area contributed by atoms with Crippen molar-refractivity contribution in [2.24, 2.45) is 7.05 Å². The lowest BCUT2D eigenvalue weighted by Crippen LogP contribution is -2.20. The first-order chi connectivity index (χ1) is 13.6. The molecule has 0 fully saturated rings. The Morgan fingerprint density at radius 1 is 0.821 bits per heavy atom. The Kier molecular flexibility index (Phi) is 3.46. The van der Waals surface area contributed by atoms with Crippen molar-refractivity contribution in [3.05, 3.63) is 100 Å². The molecule has 0 spiro atoms. The van der Waals surface area contributed by atoms with Crippen LogP contribution in [0.5, 0.6) is 0 Å². The topological polar surface area (TPSA) is 43.5 Å². The number of halogens is 1. The zero-order valence-corrected chi connectivity index (χ0v) is 15.0. The fraction of sp³-hybridized carbons (Fsp3) is 0.0435. The summed E-state index contributed by atoms with van der Waals surface area (Å²) in [5, 5.41) is 2.10. The molecule has 5 aromatic rings. The van der Waals surface area contributed by atoms with Crippen molar-refractivity contribution in [2.75, 3.05) is 0 Å². The number of rotatable bonds is 2. The van der Waals surface area contributed by atoms with Gasteiger partial charge in [0, 0.05) is 23.4 Å². The van der Waals surface area contributed by atoms with Crippen molar-refractivity contribution in [1.29, 1.82) is 0 Å². The Hall–Kier alpha value is -3.73. The summed E-state index contributed by atoms with van der Waals surface area (Å²) in [6.45, 7) is 0. The predicted molar refractivity (Wildman–Crippen MR) is 107 cm³/mol. The van der Waals surface area contributed by atoms with E-state index < -0.39 is 5.82 Å². The highest BCUT2D eigenvalue weighted by molar-refractivity contribution is 6.19. The molecule has 0 atom stereocenters. The standard InChI is InChI=1S/C23H15FN2O2/c1-25-22-17-7-3-2-6-16(17)20(21(27)14-10-12-15(24)13-11-14)26(22)19-9-5-4-8-18(19)23(25)28/h2-13H,1H3. The number of carbonyl (C=O) groups is 1. The van der Waals surface area contributed by atoms with Gasteiger partial charge in [-0.05, 0) is 36.4 Å². The molecule has 3 aromatic carbocycles. The van der Waals surface area contributed by atoms with Gasteiger partial charge in [-0.2, -0.15) is 0 Å². The first kappa shape index (κ1) is 16.4. The molecule has 0 radical (unpaired) electrons. The largest absolute Gasteiger partial charge is 0.296 e. The summed E-state index contributed by atoms with van der Waals surface area (Å²) in [6, 6.07) is 20.3. The molecule has 5 heteroatoms. The van der Waals surface area contributed by atoms with Gasteiger partial charge in [0.25, 0.3) is 5.56 Å². The van der Waals surface area contributed by atoms with E-state index in [1.54, 1.807) is 23.7 Å². The van der Waals surface area contributed by atoms with Crippen molar-refractivity contribution < 1.29 is 9.18 Å². The Bertz CT molecular complexity index is 1460. The average Bonchev–Trinajstić information content (AvgIpc) is 3.07. The molecule has 0 saturated heterocycles. The molecule has 5 rings (SSSR count). The van der Waals surface area contributed by atoms with Crippen LogP contribution in [0.2, 0.25) is 0 Å². The molecule has 0 aliphatic rings. The van der Waals surface area contributed by atoms with Crippen LogP contribution in [0.4, 0.5) is 4.39 Å². The lowest BCUT2D eigenvalue weighted by atomic mass is 10.0. The number of fused-ring (bicyclic) bond motifs is 5. The van der Waals surface area contributed by atoms with Crippen LogP contribution in [0.3, 0.4) is 0 Å². The molecule has 0 saturated carbocycles.